The van der Waals surface area contributed by atoms with Gasteiger partial charge in [-0.3, -0.25) is 4.79 Å². The molecule has 0 bridgehead atoms. The standard InChI is InChI=1S/C12H20N4O/c1-3-16(4-2)9-8-14-12(17)10-6-5-7-11(13)15-10/h5-7H,3-4,8-9H2,1-2H3,(H2,13,15)(H,14,17). The fourth-order valence-corrected chi connectivity index (χ4v) is 1.54. The number of nitrogens with one attached hydrogen (secondary N) is 1. The maximum Gasteiger partial charge on any atom is 0.270 e. The highest BCUT2D eigenvalue weighted by Gasteiger charge is 2.07. The van der Waals surface area contributed by atoms with E-state index in [1.807, 2.05) is 0 Å². The molecule has 0 fully saturated rings. The molecule has 3 N–H and O–H groups in total. The number of aromatic nitrogens is 1. The molecule has 1 rings (SSSR count). The number of nitrogen functional groups attached to an aromatic ring is 1. The largest absolute Gasteiger partial charge is 0.384 e. The molecule has 5 heteroatoms. The highest BCUT2D eigenvalue weighted by atomic mass is 16.1. The second-order valence-electron chi connectivity index (χ2n) is 3.73. The van der Waals surface area contributed by atoms with E-state index in [1.165, 1.54) is 0 Å². The van der Waals surface area contributed by atoms with Gasteiger partial charge in [0.2, 0.25) is 0 Å². The number of pyridine rings is 1. The van der Waals surface area contributed by atoms with E-state index in [9.17, 15) is 4.79 Å². The fraction of sp³-hybridized carbons (Fsp3) is 0.500. The summed E-state index contributed by atoms with van der Waals surface area (Å²) in [4.78, 5) is 17.9. The van der Waals surface area contributed by atoms with Gasteiger partial charge in [-0.1, -0.05) is 19.9 Å². The maximum atomic E-state index is 11.7. The van der Waals surface area contributed by atoms with E-state index < -0.39 is 0 Å². The molecule has 1 aromatic heterocycles. The quantitative estimate of drug-likeness (QED) is 0.764. The summed E-state index contributed by atoms with van der Waals surface area (Å²) >= 11 is 0. The normalized spacial score (nSPS) is 10.5. The summed E-state index contributed by atoms with van der Waals surface area (Å²) in [6.07, 6.45) is 0. The van der Waals surface area contributed by atoms with Crippen molar-refractivity contribution in [2.45, 2.75) is 13.8 Å². The number of carbonyl (C=O) groups excluding carboxylic acids is 1. The summed E-state index contributed by atoms with van der Waals surface area (Å²) in [6.45, 7) is 7.65. The molecule has 0 aliphatic rings. The van der Waals surface area contributed by atoms with Crippen molar-refractivity contribution in [3.8, 4) is 0 Å². The molecule has 0 saturated heterocycles. The Morgan fingerprint density at radius 2 is 2.12 bits per heavy atom. The van der Waals surface area contributed by atoms with Crippen LogP contribution in [0.4, 0.5) is 5.82 Å². The Morgan fingerprint density at radius 3 is 2.71 bits per heavy atom. The maximum absolute atomic E-state index is 11.7. The van der Waals surface area contributed by atoms with Crippen LogP contribution in [0.25, 0.3) is 0 Å². The Hall–Kier alpha value is -1.62. The number of carbonyl (C=O) groups is 1. The highest BCUT2D eigenvalue weighted by molar-refractivity contribution is 5.92. The lowest BCUT2D eigenvalue weighted by molar-refractivity contribution is 0.0944. The van der Waals surface area contributed by atoms with Gasteiger partial charge in [0.15, 0.2) is 0 Å². The molecule has 17 heavy (non-hydrogen) atoms. The topological polar surface area (TPSA) is 71.2 Å². The van der Waals surface area contributed by atoms with E-state index in [4.69, 9.17) is 5.73 Å². The van der Waals surface area contributed by atoms with Crippen molar-refractivity contribution in [3.05, 3.63) is 23.9 Å². The summed E-state index contributed by atoms with van der Waals surface area (Å²) in [6, 6.07) is 5.04. The zero-order chi connectivity index (χ0) is 12.7. The van der Waals surface area contributed by atoms with Crippen molar-refractivity contribution in [2.75, 3.05) is 31.9 Å². The molecule has 0 aliphatic carbocycles. The minimum atomic E-state index is -0.176. The third-order valence-corrected chi connectivity index (χ3v) is 2.61. The van der Waals surface area contributed by atoms with Crippen molar-refractivity contribution in [3.63, 3.8) is 0 Å². The van der Waals surface area contributed by atoms with E-state index in [-0.39, 0.29) is 5.91 Å². The van der Waals surface area contributed by atoms with Crippen LogP contribution in [0.2, 0.25) is 0 Å². The summed E-state index contributed by atoms with van der Waals surface area (Å²) in [7, 11) is 0. The van der Waals surface area contributed by atoms with Crippen LogP contribution < -0.4 is 11.1 Å². The Balaban J connectivity index is 2.40. The average Bonchev–Trinajstić information content (AvgIpc) is 2.34. The lowest BCUT2D eigenvalue weighted by Crippen LogP contribution is -2.35. The smallest absolute Gasteiger partial charge is 0.270 e. The summed E-state index contributed by atoms with van der Waals surface area (Å²) in [5.41, 5.74) is 5.88. The van der Waals surface area contributed by atoms with Crippen molar-refractivity contribution in [1.82, 2.24) is 15.2 Å². The summed E-state index contributed by atoms with van der Waals surface area (Å²) in [5, 5.41) is 2.83. The predicted octanol–water partition coefficient (Wildman–Crippen LogP) is 0.735. The fourth-order valence-electron chi connectivity index (χ4n) is 1.54. The third kappa shape index (κ3) is 4.40. The van der Waals surface area contributed by atoms with Crippen LogP contribution >= 0.6 is 0 Å². The highest BCUT2D eigenvalue weighted by Crippen LogP contribution is 1.99. The molecular weight excluding hydrogens is 216 g/mol. The van der Waals surface area contributed by atoms with Crippen LogP contribution in [0, 0.1) is 0 Å². The molecule has 0 spiro atoms. The van der Waals surface area contributed by atoms with Crippen molar-refractivity contribution in [1.29, 1.82) is 0 Å². The van der Waals surface area contributed by atoms with Gasteiger partial charge in [0, 0.05) is 13.1 Å². The van der Waals surface area contributed by atoms with Gasteiger partial charge in [0.05, 0.1) is 0 Å². The molecule has 1 heterocycles. The van der Waals surface area contributed by atoms with E-state index in [1.54, 1.807) is 18.2 Å². The Kier molecular flexibility index (Phi) is 5.42. The van der Waals surface area contributed by atoms with Crippen LogP contribution in [-0.2, 0) is 0 Å². The minimum Gasteiger partial charge on any atom is -0.384 e. The second kappa shape index (κ2) is 6.85. The zero-order valence-electron chi connectivity index (χ0n) is 10.4. The number of amides is 1. The van der Waals surface area contributed by atoms with Crippen molar-refractivity contribution in [2.24, 2.45) is 0 Å². The Labute approximate surface area is 102 Å². The Morgan fingerprint density at radius 1 is 1.41 bits per heavy atom. The number of anilines is 1. The molecule has 0 saturated carbocycles. The zero-order valence-corrected chi connectivity index (χ0v) is 10.4. The third-order valence-electron chi connectivity index (χ3n) is 2.61. The number of hydrogen-bond acceptors (Lipinski definition) is 4. The number of nitrogens with zero attached hydrogens (tertiary/aromatic N) is 2. The first-order valence-electron chi connectivity index (χ1n) is 5.90. The first kappa shape index (κ1) is 13.4. The second-order valence-corrected chi connectivity index (χ2v) is 3.73. The molecular formula is C12H20N4O. The first-order chi connectivity index (χ1) is 8.17. The lowest BCUT2D eigenvalue weighted by Gasteiger charge is -2.17. The minimum absolute atomic E-state index is 0.176. The molecule has 0 atom stereocenters. The molecule has 94 valence electrons. The molecule has 1 aromatic rings. The van der Waals surface area contributed by atoms with Gasteiger partial charge in [-0.2, -0.15) is 0 Å². The first-order valence-corrected chi connectivity index (χ1v) is 5.90. The van der Waals surface area contributed by atoms with Crippen molar-refractivity contribution < 1.29 is 4.79 Å². The van der Waals surface area contributed by atoms with Gasteiger partial charge in [0.25, 0.3) is 5.91 Å². The van der Waals surface area contributed by atoms with E-state index >= 15 is 0 Å². The van der Waals surface area contributed by atoms with Gasteiger partial charge < -0.3 is 16.0 Å². The molecule has 0 unspecified atom stereocenters. The molecule has 0 aliphatic heterocycles. The lowest BCUT2D eigenvalue weighted by atomic mass is 10.3. The van der Waals surface area contributed by atoms with Gasteiger partial charge in [0.1, 0.15) is 11.5 Å². The number of hydrogen-bond donors (Lipinski definition) is 2. The number of rotatable bonds is 6. The van der Waals surface area contributed by atoms with Gasteiger partial charge in [-0.05, 0) is 25.2 Å². The molecule has 5 nitrogen and oxygen atoms in total. The van der Waals surface area contributed by atoms with Crippen LogP contribution in [0.3, 0.4) is 0 Å². The summed E-state index contributed by atoms with van der Waals surface area (Å²) < 4.78 is 0. The van der Waals surface area contributed by atoms with E-state index in [0.717, 1.165) is 19.6 Å². The van der Waals surface area contributed by atoms with Crippen molar-refractivity contribution >= 4 is 11.7 Å². The van der Waals surface area contributed by atoms with Gasteiger partial charge in [-0.25, -0.2) is 4.98 Å². The average molecular weight is 236 g/mol. The summed E-state index contributed by atoms with van der Waals surface area (Å²) in [5.74, 6) is 0.186. The predicted molar refractivity (Wildman–Crippen MR) is 68.8 cm³/mol. The van der Waals surface area contributed by atoms with E-state index in [0.29, 0.717) is 18.1 Å². The van der Waals surface area contributed by atoms with Crippen LogP contribution in [0.5, 0.6) is 0 Å². The number of likely N-dealkylation sites (N-methyl/N-ethyl adjacent to an activating group) is 1. The molecule has 0 aromatic carbocycles. The Bertz CT molecular complexity index is 363. The molecule has 0 radical (unpaired) electrons. The monoisotopic (exact) mass is 236 g/mol. The van der Waals surface area contributed by atoms with Crippen LogP contribution in [0.1, 0.15) is 24.3 Å². The van der Waals surface area contributed by atoms with E-state index in [2.05, 4.69) is 29.0 Å². The SMILES string of the molecule is CCN(CC)CCNC(=O)c1cccc(N)n1. The van der Waals surface area contributed by atoms with Gasteiger partial charge in [-0.15, -0.1) is 0 Å². The van der Waals surface area contributed by atoms with Gasteiger partial charge >= 0.3 is 0 Å². The van der Waals surface area contributed by atoms with Crippen LogP contribution in [-0.4, -0.2) is 42.0 Å². The molecule has 1 amide bonds. The van der Waals surface area contributed by atoms with Crippen LogP contribution in [0.15, 0.2) is 18.2 Å². The number of nitrogens with two attached hydrogens (primary N) is 1.